The third-order valence-electron chi connectivity index (χ3n) is 0.795. The molecule has 0 atom stereocenters. The van der Waals surface area contributed by atoms with Crippen LogP contribution in [0.3, 0.4) is 0 Å². The van der Waals surface area contributed by atoms with Gasteiger partial charge in [-0.15, -0.1) is 0 Å². The number of nitrogens with one attached hydrogen (secondary N) is 1. The van der Waals surface area contributed by atoms with E-state index in [9.17, 15) is 0 Å². The van der Waals surface area contributed by atoms with Crippen LogP contribution in [0.5, 0.6) is 0 Å². The first-order valence-corrected chi connectivity index (χ1v) is 4.00. The van der Waals surface area contributed by atoms with Gasteiger partial charge in [-0.3, -0.25) is 0 Å². The largest absolute Gasteiger partial charge is 0.401 e. The Bertz CT molecular complexity index is 44.1. The second kappa shape index (κ2) is 1.73. The van der Waals surface area contributed by atoms with Crippen LogP contribution in [0.2, 0.25) is 6.55 Å². The summed E-state index contributed by atoms with van der Waals surface area (Å²) in [6, 6.07) is 0. The Morgan fingerprint density at radius 3 is 2.83 bits per heavy atom. The molecule has 0 aromatic rings. The Balaban J connectivity index is 2.18. The summed E-state index contributed by atoms with van der Waals surface area (Å²) in [6.07, 6.45) is 0. The van der Waals surface area contributed by atoms with Gasteiger partial charge in [0, 0.05) is 13.2 Å². The van der Waals surface area contributed by atoms with Crippen molar-refractivity contribution in [2.75, 3.05) is 13.2 Å². The van der Waals surface area contributed by atoms with Crippen LogP contribution in [0.4, 0.5) is 0 Å². The minimum atomic E-state index is -0.507. The van der Waals surface area contributed by atoms with E-state index in [1.54, 1.807) is 0 Å². The first kappa shape index (κ1) is 4.30. The van der Waals surface area contributed by atoms with Crippen LogP contribution >= 0.6 is 0 Å². The lowest BCUT2D eigenvalue weighted by molar-refractivity contribution is 0.373. The molecule has 0 saturated carbocycles. The molecule has 1 radical (unpaired) electrons. The average Bonchev–Trinajstić information content (AvgIpc) is 1.86. The van der Waals surface area contributed by atoms with Gasteiger partial charge >= 0.3 is 0 Å². The summed E-state index contributed by atoms with van der Waals surface area (Å²) >= 11 is 0. The average molecular weight is 102 g/mol. The normalized spacial score (nSPS) is 25.5. The van der Waals surface area contributed by atoms with Crippen molar-refractivity contribution in [3.63, 3.8) is 0 Å². The van der Waals surface area contributed by atoms with Crippen molar-refractivity contribution in [3.8, 4) is 0 Å². The van der Waals surface area contributed by atoms with Crippen molar-refractivity contribution in [1.29, 1.82) is 0 Å². The summed E-state index contributed by atoms with van der Waals surface area (Å²) in [5.41, 5.74) is 0. The van der Waals surface area contributed by atoms with Gasteiger partial charge in [0.2, 0.25) is 0 Å². The summed E-state index contributed by atoms with van der Waals surface area (Å²) < 4.78 is 5.14. The molecule has 6 heavy (non-hydrogen) atoms. The van der Waals surface area contributed by atoms with E-state index in [1.165, 1.54) is 0 Å². The highest BCUT2D eigenvalue weighted by Gasteiger charge is 2.10. The first-order chi connectivity index (χ1) is 2.89. The second-order valence-electron chi connectivity index (χ2n) is 1.33. The van der Waals surface area contributed by atoms with Gasteiger partial charge in [-0.2, -0.15) is 0 Å². The predicted octanol–water partition coefficient (Wildman–Crippen LogP) is -0.276. The van der Waals surface area contributed by atoms with Crippen molar-refractivity contribution >= 4 is 9.20 Å². The fourth-order valence-corrected chi connectivity index (χ4v) is 1.45. The van der Waals surface area contributed by atoms with Crippen LogP contribution in [0.25, 0.3) is 0 Å². The molecule has 0 bridgehead atoms. The monoisotopic (exact) mass is 102 g/mol. The Morgan fingerprint density at radius 2 is 2.67 bits per heavy atom. The summed E-state index contributed by atoms with van der Waals surface area (Å²) in [4.78, 5) is 3.20. The third-order valence-corrected chi connectivity index (χ3v) is 2.18. The third kappa shape index (κ3) is 0.799. The Kier molecular flexibility index (Phi) is 1.24. The molecule has 1 N–H and O–H groups in total. The predicted molar refractivity (Wildman–Crippen MR) is 25.6 cm³/mol. The molecule has 0 aliphatic carbocycles. The van der Waals surface area contributed by atoms with Crippen LogP contribution in [-0.2, 0) is 4.43 Å². The van der Waals surface area contributed by atoms with Gasteiger partial charge < -0.3 is 9.41 Å². The van der Waals surface area contributed by atoms with E-state index in [4.69, 9.17) is 4.43 Å². The first-order valence-electron chi connectivity index (χ1n) is 2.10. The lowest BCUT2D eigenvalue weighted by Crippen LogP contribution is -2.23. The van der Waals surface area contributed by atoms with Crippen molar-refractivity contribution in [3.05, 3.63) is 0 Å². The highest BCUT2D eigenvalue weighted by molar-refractivity contribution is 6.47. The minimum absolute atomic E-state index is 0.507. The second-order valence-corrected chi connectivity index (χ2v) is 3.09. The molecule has 1 saturated heterocycles. The van der Waals surface area contributed by atoms with Crippen molar-refractivity contribution in [1.82, 2.24) is 4.98 Å². The van der Waals surface area contributed by atoms with Crippen molar-refractivity contribution < 1.29 is 4.43 Å². The molecular weight excluding hydrogens is 94.1 g/mol. The van der Waals surface area contributed by atoms with E-state index >= 15 is 0 Å². The fourth-order valence-electron chi connectivity index (χ4n) is 0.482. The molecular formula is C3H8NOSi. The van der Waals surface area contributed by atoms with E-state index < -0.39 is 9.20 Å². The Labute approximate surface area is 39.3 Å². The lowest BCUT2D eigenvalue weighted by Gasteiger charge is -1.90. The van der Waals surface area contributed by atoms with Gasteiger partial charge in [0.1, 0.15) is 0 Å². The lowest BCUT2D eigenvalue weighted by atomic mass is 10.8. The topological polar surface area (TPSA) is 21.3 Å². The maximum Gasteiger partial charge on any atom is 0.299 e. The molecule has 1 aliphatic heterocycles. The molecule has 35 valence electrons. The Morgan fingerprint density at radius 1 is 1.83 bits per heavy atom. The fraction of sp³-hybridized carbons (Fsp3) is 1.00. The van der Waals surface area contributed by atoms with Gasteiger partial charge in [-0.25, -0.2) is 0 Å². The quantitative estimate of drug-likeness (QED) is 0.425. The summed E-state index contributed by atoms with van der Waals surface area (Å²) in [6.45, 7) is 4.09. The summed E-state index contributed by atoms with van der Waals surface area (Å²) in [5, 5.41) is 0. The molecule has 1 rings (SSSR count). The summed E-state index contributed by atoms with van der Waals surface area (Å²) in [7, 11) is -0.507. The minimum Gasteiger partial charge on any atom is -0.401 e. The van der Waals surface area contributed by atoms with Crippen LogP contribution in [-0.4, -0.2) is 22.4 Å². The molecule has 2 nitrogen and oxygen atoms in total. The van der Waals surface area contributed by atoms with E-state index in [0.717, 1.165) is 13.2 Å². The van der Waals surface area contributed by atoms with Gasteiger partial charge in [-0.1, -0.05) is 0 Å². The van der Waals surface area contributed by atoms with Crippen LogP contribution in [0, 0.1) is 0 Å². The van der Waals surface area contributed by atoms with Crippen LogP contribution < -0.4 is 4.98 Å². The highest BCUT2D eigenvalue weighted by atomic mass is 28.3. The zero-order valence-electron chi connectivity index (χ0n) is 3.82. The molecule has 1 fully saturated rings. The summed E-state index contributed by atoms with van der Waals surface area (Å²) in [5.74, 6) is 0. The van der Waals surface area contributed by atoms with Crippen LogP contribution in [0.15, 0.2) is 0 Å². The van der Waals surface area contributed by atoms with Gasteiger partial charge in [0.15, 0.2) is 0 Å². The van der Waals surface area contributed by atoms with Crippen LogP contribution in [0.1, 0.15) is 0 Å². The van der Waals surface area contributed by atoms with Gasteiger partial charge in [0.05, 0.1) is 0 Å². The molecule has 0 amide bonds. The van der Waals surface area contributed by atoms with E-state index in [0.29, 0.717) is 0 Å². The maximum absolute atomic E-state index is 5.14. The zero-order valence-corrected chi connectivity index (χ0v) is 4.82. The maximum atomic E-state index is 5.14. The molecule has 1 heterocycles. The number of hydrogen-bond acceptors (Lipinski definition) is 2. The van der Waals surface area contributed by atoms with E-state index in [2.05, 4.69) is 11.5 Å². The molecule has 0 spiro atoms. The van der Waals surface area contributed by atoms with Crippen molar-refractivity contribution in [2.45, 2.75) is 6.55 Å². The standard InChI is InChI=1S/C3H8NOSi/c1-6-4-2-3-5-6/h4H,2-3H2,1H3. The number of hydrogen-bond donors (Lipinski definition) is 1. The molecule has 0 unspecified atom stereocenters. The van der Waals surface area contributed by atoms with Gasteiger partial charge in [-0.05, 0) is 6.55 Å². The smallest absolute Gasteiger partial charge is 0.299 e. The molecule has 3 heteroatoms. The van der Waals surface area contributed by atoms with Crippen molar-refractivity contribution in [2.24, 2.45) is 0 Å². The molecule has 0 aromatic carbocycles. The molecule has 0 aromatic heterocycles. The number of rotatable bonds is 0. The highest BCUT2D eigenvalue weighted by Crippen LogP contribution is 1.85. The Hall–Kier alpha value is 0.137. The van der Waals surface area contributed by atoms with E-state index in [1.807, 2.05) is 0 Å². The van der Waals surface area contributed by atoms with Gasteiger partial charge in [0.25, 0.3) is 9.20 Å². The van der Waals surface area contributed by atoms with E-state index in [-0.39, 0.29) is 0 Å². The zero-order chi connectivity index (χ0) is 4.41. The molecule has 1 aliphatic rings. The SMILES string of the molecule is C[Si]1NCCO1.